The molecule has 1 aliphatic rings. The number of hydrogen-bond donors (Lipinski definition) is 1. The number of nitrogens with one attached hydrogen (secondary N) is 1. The molecule has 0 aliphatic carbocycles. The van der Waals surface area contributed by atoms with Crippen molar-refractivity contribution in [3.63, 3.8) is 0 Å². The second-order valence-corrected chi connectivity index (χ2v) is 8.89. The second-order valence-electron chi connectivity index (χ2n) is 7.24. The summed E-state index contributed by atoms with van der Waals surface area (Å²) in [5.41, 5.74) is -0.736. The predicted octanol–water partition coefficient (Wildman–Crippen LogP) is 4.29. The number of nitrogens with zero attached hydrogens (tertiary/aromatic N) is 1. The van der Waals surface area contributed by atoms with Crippen LogP contribution >= 0.6 is 0 Å². The SMILES string of the molecule is COC(=O)c1ccc(OC)c(S(=O)(=O)Nc2ccc(C(F)(F)F)cc2N2CCCCC2)c1. The van der Waals surface area contributed by atoms with Crippen LogP contribution in [-0.2, 0) is 20.9 Å². The van der Waals surface area contributed by atoms with Crippen molar-refractivity contribution in [1.82, 2.24) is 0 Å². The molecule has 0 unspecified atom stereocenters. The highest BCUT2D eigenvalue weighted by Crippen LogP contribution is 2.38. The molecule has 0 aromatic heterocycles. The number of carbonyl (C=O) groups is 1. The summed E-state index contributed by atoms with van der Waals surface area (Å²) in [5, 5.41) is 0. The lowest BCUT2D eigenvalue weighted by Gasteiger charge is -2.31. The minimum atomic E-state index is -4.57. The number of sulfonamides is 1. The monoisotopic (exact) mass is 472 g/mol. The van der Waals surface area contributed by atoms with E-state index in [1.165, 1.54) is 19.2 Å². The second kappa shape index (κ2) is 9.27. The number of methoxy groups -OCH3 is 2. The van der Waals surface area contributed by atoms with Crippen molar-refractivity contribution < 1.29 is 35.9 Å². The molecular weight excluding hydrogens is 449 g/mol. The Bertz CT molecular complexity index is 1100. The lowest BCUT2D eigenvalue weighted by molar-refractivity contribution is -0.137. The maximum atomic E-state index is 13.3. The first-order chi connectivity index (χ1) is 15.1. The van der Waals surface area contributed by atoms with E-state index in [-0.39, 0.29) is 27.6 Å². The Kier molecular flexibility index (Phi) is 6.87. The van der Waals surface area contributed by atoms with Crippen LogP contribution in [-0.4, -0.2) is 41.7 Å². The minimum Gasteiger partial charge on any atom is -0.495 e. The Morgan fingerprint density at radius 3 is 2.31 bits per heavy atom. The number of hydrogen-bond acceptors (Lipinski definition) is 6. The van der Waals surface area contributed by atoms with Gasteiger partial charge in [-0.05, 0) is 55.7 Å². The van der Waals surface area contributed by atoms with Gasteiger partial charge in [0.1, 0.15) is 10.6 Å². The number of anilines is 2. The van der Waals surface area contributed by atoms with E-state index in [1.807, 2.05) is 0 Å². The molecule has 32 heavy (non-hydrogen) atoms. The molecular formula is C21H23F3N2O5S. The van der Waals surface area contributed by atoms with Crippen molar-refractivity contribution in [3.05, 3.63) is 47.5 Å². The third-order valence-corrected chi connectivity index (χ3v) is 6.53. The molecule has 2 aromatic rings. The molecule has 0 spiro atoms. The zero-order chi connectivity index (χ0) is 23.5. The average molecular weight is 472 g/mol. The summed E-state index contributed by atoms with van der Waals surface area (Å²) in [7, 11) is -1.89. The molecule has 0 atom stereocenters. The van der Waals surface area contributed by atoms with Crippen molar-refractivity contribution in [2.24, 2.45) is 0 Å². The molecule has 2 aromatic carbocycles. The lowest BCUT2D eigenvalue weighted by Crippen LogP contribution is -2.31. The lowest BCUT2D eigenvalue weighted by atomic mass is 10.1. The number of rotatable bonds is 6. The number of ether oxygens (including phenoxy) is 2. The van der Waals surface area contributed by atoms with Crippen LogP contribution in [0.2, 0.25) is 0 Å². The molecule has 11 heteroatoms. The van der Waals surface area contributed by atoms with Gasteiger partial charge in [0.05, 0.1) is 36.7 Å². The topological polar surface area (TPSA) is 84.9 Å². The minimum absolute atomic E-state index is 0.00502. The molecule has 1 fully saturated rings. The summed E-state index contributed by atoms with van der Waals surface area (Å²) in [5.74, 6) is -0.774. The summed E-state index contributed by atoms with van der Waals surface area (Å²) >= 11 is 0. The van der Waals surface area contributed by atoms with Gasteiger partial charge in [0.15, 0.2) is 0 Å². The van der Waals surface area contributed by atoms with Crippen LogP contribution in [0.25, 0.3) is 0 Å². The molecule has 0 bridgehead atoms. The highest BCUT2D eigenvalue weighted by Gasteiger charge is 2.33. The first kappa shape index (κ1) is 23.7. The molecule has 1 N–H and O–H groups in total. The zero-order valence-electron chi connectivity index (χ0n) is 17.5. The van der Waals surface area contributed by atoms with E-state index in [9.17, 15) is 26.4 Å². The number of esters is 1. The normalized spacial score (nSPS) is 14.7. The van der Waals surface area contributed by atoms with Gasteiger partial charge >= 0.3 is 12.1 Å². The van der Waals surface area contributed by atoms with E-state index in [1.54, 1.807) is 4.90 Å². The van der Waals surface area contributed by atoms with Gasteiger partial charge in [0.25, 0.3) is 10.0 Å². The Labute approximate surface area is 184 Å². The smallest absolute Gasteiger partial charge is 0.416 e. The van der Waals surface area contributed by atoms with Crippen LogP contribution in [0.15, 0.2) is 41.3 Å². The Morgan fingerprint density at radius 1 is 1.03 bits per heavy atom. The molecule has 0 radical (unpaired) electrons. The maximum Gasteiger partial charge on any atom is 0.416 e. The summed E-state index contributed by atoms with van der Waals surface area (Å²) in [6.45, 7) is 1.02. The van der Waals surface area contributed by atoms with E-state index >= 15 is 0 Å². The fraction of sp³-hybridized carbons (Fsp3) is 0.381. The molecule has 0 saturated carbocycles. The van der Waals surface area contributed by atoms with Gasteiger partial charge in [-0.15, -0.1) is 0 Å². The van der Waals surface area contributed by atoms with E-state index in [0.29, 0.717) is 13.1 Å². The predicted molar refractivity (Wildman–Crippen MR) is 113 cm³/mol. The molecule has 3 rings (SSSR count). The van der Waals surface area contributed by atoms with Crippen LogP contribution in [0.1, 0.15) is 35.2 Å². The summed E-state index contributed by atoms with van der Waals surface area (Å²) in [4.78, 5) is 13.2. The Balaban J connectivity index is 2.06. The highest BCUT2D eigenvalue weighted by molar-refractivity contribution is 7.92. The van der Waals surface area contributed by atoms with E-state index in [4.69, 9.17) is 4.74 Å². The third kappa shape index (κ3) is 5.09. The van der Waals surface area contributed by atoms with Crippen LogP contribution in [0.4, 0.5) is 24.5 Å². The van der Waals surface area contributed by atoms with Crippen LogP contribution in [0.3, 0.4) is 0 Å². The van der Waals surface area contributed by atoms with Gasteiger partial charge in [-0.1, -0.05) is 0 Å². The molecule has 174 valence electrons. The number of halogens is 3. The Morgan fingerprint density at radius 2 is 1.72 bits per heavy atom. The molecule has 0 amide bonds. The van der Waals surface area contributed by atoms with E-state index in [2.05, 4.69) is 9.46 Å². The van der Waals surface area contributed by atoms with Gasteiger partial charge in [-0.2, -0.15) is 13.2 Å². The van der Waals surface area contributed by atoms with E-state index in [0.717, 1.165) is 50.6 Å². The van der Waals surface area contributed by atoms with Crippen LogP contribution in [0.5, 0.6) is 5.75 Å². The first-order valence-electron chi connectivity index (χ1n) is 9.82. The van der Waals surface area contributed by atoms with Gasteiger partial charge in [0, 0.05) is 13.1 Å². The standard InChI is InChI=1S/C21H23F3N2O5S/c1-30-18-9-6-14(20(27)31-2)12-19(18)32(28,29)25-16-8-7-15(21(22,23)24)13-17(16)26-10-4-3-5-11-26/h6-9,12-13,25H,3-5,10-11H2,1-2H3. The number of carbonyl (C=O) groups excluding carboxylic acids is 1. The van der Waals surface area contributed by atoms with Crippen molar-refractivity contribution in [3.8, 4) is 5.75 Å². The summed E-state index contributed by atoms with van der Waals surface area (Å²) in [6.07, 6.45) is -2.04. The van der Waals surface area contributed by atoms with Crippen LogP contribution in [0, 0.1) is 0 Å². The third-order valence-electron chi connectivity index (χ3n) is 5.14. The number of piperidine rings is 1. The number of alkyl halides is 3. The van der Waals surface area contributed by atoms with Crippen molar-refractivity contribution in [1.29, 1.82) is 0 Å². The van der Waals surface area contributed by atoms with Gasteiger partial charge in [-0.25, -0.2) is 13.2 Å². The van der Waals surface area contributed by atoms with Gasteiger partial charge < -0.3 is 14.4 Å². The molecule has 1 heterocycles. The van der Waals surface area contributed by atoms with Crippen molar-refractivity contribution in [2.45, 2.75) is 30.3 Å². The first-order valence-corrected chi connectivity index (χ1v) is 11.3. The Hall–Kier alpha value is -2.95. The molecule has 1 saturated heterocycles. The van der Waals surface area contributed by atoms with Crippen molar-refractivity contribution >= 4 is 27.4 Å². The van der Waals surface area contributed by atoms with Crippen molar-refractivity contribution in [2.75, 3.05) is 36.9 Å². The largest absolute Gasteiger partial charge is 0.495 e. The van der Waals surface area contributed by atoms with E-state index < -0.39 is 27.7 Å². The summed E-state index contributed by atoms with van der Waals surface area (Å²) in [6, 6.07) is 6.62. The average Bonchev–Trinajstić information content (AvgIpc) is 2.78. The van der Waals surface area contributed by atoms with Gasteiger partial charge in [-0.3, -0.25) is 4.72 Å². The zero-order valence-corrected chi connectivity index (χ0v) is 18.3. The molecule has 7 nitrogen and oxygen atoms in total. The fourth-order valence-electron chi connectivity index (χ4n) is 3.52. The fourth-order valence-corrected chi connectivity index (χ4v) is 4.79. The van der Waals surface area contributed by atoms with Crippen LogP contribution < -0.4 is 14.4 Å². The molecule has 1 aliphatic heterocycles. The number of benzene rings is 2. The quantitative estimate of drug-likeness (QED) is 0.632. The highest BCUT2D eigenvalue weighted by atomic mass is 32.2. The summed E-state index contributed by atoms with van der Waals surface area (Å²) < 4.78 is 78.4. The maximum absolute atomic E-state index is 13.3. The van der Waals surface area contributed by atoms with Gasteiger partial charge in [0.2, 0.25) is 0 Å².